The molecule has 6 rings (SSSR count). The first kappa shape index (κ1) is 46.6. The maximum Gasteiger partial charge on any atom is 0.296 e. The van der Waals surface area contributed by atoms with Gasteiger partial charge in [-0.2, -0.15) is 40.6 Å². The van der Waals surface area contributed by atoms with Crippen LogP contribution in [-0.4, -0.2) is 80.2 Å². The van der Waals surface area contributed by atoms with Crippen LogP contribution in [0, 0.1) is 0 Å². The van der Waals surface area contributed by atoms with Crippen molar-refractivity contribution in [3.63, 3.8) is 0 Å². The zero-order valence-corrected chi connectivity index (χ0v) is 36.2. The van der Waals surface area contributed by atoms with E-state index in [9.17, 15) is 49.1 Å². The van der Waals surface area contributed by atoms with Gasteiger partial charge in [-0.15, -0.1) is 15.3 Å². The van der Waals surface area contributed by atoms with Gasteiger partial charge in [0.05, 0.1) is 33.8 Å². The van der Waals surface area contributed by atoms with E-state index in [1.807, 2.05) is 0 Å². The van der Waals surface area contributed by atoms with Crippen LogP contribution in [-0.2, 0) is 30.4 Å². The maximum atomic E-state index is 12.6. The summed E-state index contributed by atoms with van der Waals surface area (Å²) in [6, 6.07) is 23.8. The number of likely N-dealkylation sites (N-methyl/N-ethyl adjacent to an activating group) is 1. The lowest BCUT2D eigenvalue weighted by molar-refractivity contribution is 0.316. The van der Waals surface area contributed by atoms with E-state index in [0.29, 0.717) is 24.0 Å². The van der Waals surface area contributed by atoms with Crippen molar-refractivity contribution in [3.8, 4) is 11.5 Å². The molecule has 0 fully saturated rings. The van der Waals surface area contributed by atoms with E-state index < -0.39 is 78.6 Å². The molecule has 334 valence electrons. The summed E-state index contributed by atoms with van der Waals surface area (Å²) in [5.41, 5.74) is 5.59. The van der Waals surface area contributed by atoms with E-state index in [-0.39, 0.29) is 28.5 Å². The van der Waals surface area contributed by atoms with Crippen molar-refractivity contribution >= 4 is 98.0 Å². The average Bonchev–Trinajstić information content (AvgIpc) is 3.24. The van der Waals surface area contributed by atoms with E-state index in [4.69, 9.17) is 5.73 Å². The molecular weight excluding hydrogens is 893 g/mol. The fourth-order valence-corrected chi connectivity index (χ4v) is 8.19. The summed E-state index contributed by atoms with van der Waals surface area (Å²) in [5.74, 6) is -1.05. The molecule has 0 aliphatic heterocycles. The number of phenols is 2. The normalized spacial score (nSPS) is 12.6. The van der Waals surface area contributed by atoms with Crippen molar-refractivity contribution < 1.29 is 49.1 Å². The number of nitrogens with two attached hydrogens (primary N) is 1. The van der Waals surface area contributed by atoms with Crippen molar-refractivity contribution in [1.82, 2.24) is 4.90 Å². The molecule has 0 amide bonds. The minimum absolute atomic E-state index is 0.0805. The highest BCUT2D eigenvalue weighted by molar-refractivity contribution is 7.86. The van der Waals surface area contributed by atoms with Crippen molar-refractivity contribution in [2.45, 2.75) is 28.5 Å². The van der Waals surface area contributed by atoms with Crippen molar-refractivity contribution in [1.29, 1.82) is 0 Å². The van der Waals surface area contributed by atoms with Gasteiger partial charge < -0.3 is 31.5 Å². The van der Waals surface area contributed by atoms with Gasteiger partial charge in [-0.25, -0.2) is 0 Å². The quantitative estimate of drug-likeness (QED) is 0.0240. The maximum absolute atomic E-state index is 12.6. The van der Waals surface area contributed by atoms with E-state index in [0.717, 1.165) is 37.5 Å². The van der Waals surface area contributed by atoms with Crippen LogP contribution in [0.15, 0.2) is 149 Å². The molecule has 0 bridgehead atoms. The predicted molar refractivity (Wildman–Crippen MR) is 239 cm³/mol. The van der Waals surface area contributed by atoms with E-state index >= 15 is 0 Å². The SMILES string of the molecule is CCN(CC)CCNc1ccc(N=Nc2ccc(Nc3ccc(N=Nc4c(S(=O)(=O)O)cc5cc(S(=O)(=O)O)c(N=Nc6ccccc6)c(O)c5c4N)cc3S(=O)(=O)O)cc2)c(O)c1. The number of aromatic hydroxyl groups is 2. The Morgan fingerprint density at radius 2 is 1.14 bits per heavy atom. The number of nitrogen functional groups attached to an aromatic ring is 1. The lowest BCUT2D eigenvalue weighted by atomic mass is 10.1. The number of nitrogens with one attached hydrogen (secondary N) is 2. The van der Waals surface area contributed by atoms with Gasteiger partial charge in [-0.05, 0) is 97.3 Å². The number of rotatable bonds is 17. The third kappa shape index (κ3) is 11.2. The Kier molecular flexibility index (Phi) is 14.0. The third-order valence-electron chi connectivity index (χ3n) is 9.45. The fraction of sp³-hybridized carbons (Fsp3) is 0.150. The Labute approximate surface area is 367 Å². The van der Waals surface area contributed by atoms with E-state index in [1.54, 1.807) is 60.7 Å². The summed E-state index contributed by atoms with van der Waals surface area (Å²) in [7, 11) is -15.3. The van der Waals surface area contributed by atoms with Gasteiger partial charge in [0.1, 0.15) is 37.5 Å². The van der Waals surface area contributed by atoms with Gasteiger partial charge in [-0.3, -0.25) is 13.7 Å². The van der Waals surface area contributed by atoms with Crippen LogP contribution >= 0.6 is 0 Å². The molecule has 6 aromatic carbocycles. The molecule has 0 unspecified atom stereocenters. The molecule has 21 nitrogen and oxygen atoms in total. The molecule has 0 atom stereocenters. The minimum Gasteiger partial charge on any atom is -0.506 e. The Bertz CT molecular complexity index is 3150. The standard InChI is InChI=1S/C40H40N10O11S3/c1-3-50(4-2)19-18-42-28-14-16-30(32(51)22-28)47-44-27-12-10-25(11-13-27)43-31-17-15-29(23-33(31)62(53,54)55)46-48-38-34(63(56,57)58)20-24-21-35(64(59,60)61)39(40(52)36(24)37(38)41)49-45-26-8-6-5-7-9-26/h5-17,20-23,42-43,51-52H,3-4,18-19,41H2,1-2H3,(H,53,54,55)(H,56,57,58)(H,59,60,61). The molecule has 9 N–H and O–H groups in total. The molecule has 0 aromatic heterocycles. The summed E-state index contributed by atoms with van der Waals surface area (Å²) < 4.78 is 105. The summed E-state index contributed by atoms with van der Waals surface area (Å²) >= 11 is 0. The zero-order chi connectivity index (χ0) is 46.4. The van der Waals surface area contributed by atoms with Crippen LogP contribution < -0.4 is 16.4 Å². The van der Waals surface area contributed by atoms with E-state index in [1.165, 1.54) is 24.3 Å². The van der Waals surface area contributed by atoms with Crippen LogP contribution in [0.5, 0.6) is 11.5 Å². The highest BCUT2D eigenvalue weighted by Gasteiger charge is 2.28. The summed E-state index contributed by atoms with van der Waals surface area (Å²) in [6.07, 6.45) is 0. The van der Waals surface area contributed by atoms with Gasteiger partial charge >= 0.3 is 0 Å². The molecule has 0 saturated carbocycles. The third-order valence-corrected chi connectivity index (χ3v) is 12.1. The second-order valence-corrected chi connectivity index (χ2v) is 17.8. The van der Waals surface area contributed by atoms with Crippen LogP contribution in [0.3, 0.4) is 0 Å². The Morgan fingerprint density at radius 1 is 0.594 bits per heavy atom. The first-order valence-electron chi connectivity index (χ1n) is 18.9. The highest BCUT2D eigenvalue weighted by Crippen LogP contribution is 2.48. The largest absolute Gasteiger partial charge is 0.506 e. The fourth-order valence-electron chi connectivity index (χ4n) is 6.20. The summed E-state index contributed by atoms with van der Waals surface area (Å²) in [5, 5.41) is 50.7. The molecular formula is C40H40N10O11S3. The Hall–Kier alpha value is -6.93. The number of nitrogens with zero attached hydrogens (tertiary/aromatic N) is 7. The summed E-state index contributed by atoms with van der Waals surface area (Å²) in [4.78, 5) is -0.410. The number of hydrogen-bond donors (Lipinski definition) is 8. The molecule has 64 heavy (non-hydrogen) atoms. The highest BCUT2D eigenvalue weighted by atomic mass is 32.2. The van der Waals surface area contributed by atoms with Gasteiger partial charge in [0.15, 0.2) is 5.75 Å². The van der Waals surface area contributed by atoms with Gasteiger partial charge in [0, 0.05) is 30.5 Å². The number of azo groups is 3. The van der Waals surface area contributed by atoms with Gasteiger partial charge in [-0.1, -0.05) is 32.0 Å². The van der Waals surface area contributed by atoms with Crippen LogP contribution in [0.25, 0.3) is 10.8 Å². The minimum atomic E-state index is -5.22. The number of fused-ring (bicyclic) bond motifs is 1. The van der Waals surface area contributed by atoms with Crippen molar-refractivity contribution in [3.05, 3.63) is 103 Å². The average molecular weight is 933 g/mol. The molecule has 0 radical (unpaired) electrons. The second kappa shape index (κ2) is 19.2. The van der Waals surface area contributed by atoms with Gasteiger partial charge in [0.2, 0.25) is 0 Å². The second-order valence-electron chi connectivity index (χ2n) is 13.7. The smallest absolute Gasteiger partial charge is 0.296 e. The molecule has 0 heterocycles. The van der Waals surface area contributed by atoms with Crippen molar-refractivity contribution in [2.75, 3.05) is 42.5 Å². The van der Waals surface area contributed by atoms with Crippen LogP contribution in [0.2, 0.25) is 0 Å². The molecule has 24 heteroatoms. The Morgan fingerprint density at radius 3 is 1.75 bits per heavy atom. The summed E-state index contributed by atoms with van der Waals surface area (Å²) in [6.45, 7) is 7.58. The van der Waals surface area contributed by atoms with E-state index in [2.05, 4.69) is 60.1 Å². The lowest BCUT2D eigenvalue weighted by Gasteiger charge is -2.18. The topological polar surface area (TPSA) is 331 Å². The molecule has 0 saturated heterocycles. The number of phenolic OH excluding ortho intramolecular Hbond substituents is 2. The molecule has 6 aromatic rings. The molecule has 0 spiro atoms. The predicted octanol–water partition coefficient (Wildman–Crippen LogP) is 9.32. The van der Waals surface area contributed by atoms with Crippen LogP contribution in [0.4, 0.5) is 56.9 Å². The zero-order valence-electron chi connectivity index (χ0n) is 33.8. The monoisotopic (exact) mass is 932 g/mol. The lowest BCUT2D eigenvalue weighted by Crippen LogP contribution is -2.28. The first-order chi connectivity index (χ1) is 30.3. The number of hydrogen-bond acceptors (Lipinski definition) is 18. The number of benzene rings is 6. The van der Waals surface area contributed by atoms with Crippen LogP contribution in [0.1, 0.15) is 13.8 Å². The van der Waals surface area contributed by atoms with Crippen molar-refractivity contribution in [2.24, 2.45) is 30.7 Å². The number of anilines is 4. The van der Waals surface area contributed by atoms with Gasteiger partial charge in [0.25, 0.3) is 30.4 Å². The Balaban J connectivity index is 1.27. The molecule has 0 aliphatic carbocycles. The molecule has 0 aliphatic rings. The first-order valence-corrected chi connectivity index (χ1v) is 23.2.